The van der Waals surface area contributed by atoms with Gasteiger partial charge in [-0.3, -0.25) is 4.79 Å². The largest absolute Gasteiger partial charge is 0.504 e. The average molecular weight is 313 g/mol. The van der Waals surface area contributed by atoms with E-state index in [9.17, 15) is 9.36 Å². The van der Waals surface area contributed by atoms with Crippen LogP contribution in [-0.4, -0.2) is 46.7 Å². The lowest BCUT2D eigenvalue weighted by molar-refractivity contribution is -0.179. The molecule has 0 aromatic heterocycles. The minimum Gasteiger partial charge on any atom is -0.438 e. The van der Waals surface area contributed by atoms with Crippen molar-refractivity contribution in [3.05, 3.63) is 0 Å². The van der Waals surface area contributed by atoms with Crippen LogP contribution in [0.1, 0.15) is 33.1 Å². The van der Waals surface area contributed by atoms with Gasteiger partial charge < -0.3 is 18.9 Å². The summed E-state index contributed by atoms with van der Waals surface area (Å²) in [5.41, 5.74) is 0. The lowest BCUT2D eigenvalue weighted by Crippen LogP contribution is -2.10. The number of methoxy groups -OCH3 is 1. The number of hydrogen-bond donors (Lipinski definition) is 0. The highest BCUT2D eigenvalue weighted by Crippen LogP contribution is 2.15. The molecular weight excluding hydrogens is 287 g/mol. The number of carbonyl (C=O) groups is 1. The van der Waals surface area contributed by atoms with Crippen LogP contribution < -0.4 is 0 Å². The van der Waals surface area contributed by atoms with Gasteiger partial charge in [0.1, 0.15) is 13.4 Å². The first-order valence-electron chi connectivity index (χ1n) is 6.00. The Morgan fingerprint density at radius 3 is 2.40 bits per heavy atom. The Morgan fingerprint density at radius 2 is 1.75 bits per heavy atom. The fourth-order valence-electron chi connectivity index (χ4n) is 1.13. The molecule has 0 saturated heterocycles. The maximum absolute atomic E-state index is 11.2. The fraction of sp³-hybridized carbons (Fsp3) is 0.917. The zero-order valence-electron chi connectivity index (χ0n) is 11.5. The summed E-state index contributed by atoms with van der Waals surface area (Å²) in [6.45, 7) is 2.01. The second-order valence-corrected chi connectivity index (χ2v) is 4.79. The van der Waals surface area contributed by atoms with E-state index in [1.54, 1.807) is 0 Å². The Kier molecular flexibility index (Phi) is 17.9. The van der Waals surface area contributed by atoms with Crippen molar-refractivity contribution in [1.82, 2.24) is 0 Å². The summed E-state index contributed by atoms with van der Waals surface area (Å²) < 4.78 is 34.7. The van der Waals surface area contributed by atoms with Gasteiger partial charge >= 0.3 is 14.0 Å². The quantitative estimate of drug-likeness (QED) is 0.224. The van der Waals surface area contributed by atoms with E-state index < -0.39 is 8.03 Å². The van der Waals surface area contributed by atoms with Crippen molar-refractivity contribution in [3.8, 4) is 0 Å². The van der Waals surface area contributed by atoms with Crippen molar-refractivity contribution in [2.75, 3.05) is 40.8 Å². The molecule has 0 N–H and O–H groups in total. The second kappa shape index (κ2) is 16.5. The van der Waals surface area contributed by atoms with Gasteiger partial charge in [-0.15, -0.1) is 4.52 Å². The molecule has 0 aliphatic heterocycles. The maximum Gasteiger partial charge on any atom is 0.504 e. The number of carbonyl (C=O) groups excluding carboxylic acids is 1. The molecule has 1 unspecified atom stereocenters. The Labute approximate surface area is 121 Å². The van der Waals surface area contributed by atoms with E-state index >= 15 is 0 Å². The molecule has 0 heterocycles. The van der Waals surface area contributed by atoms with Gasteiger partial charge in [-0.05, 0) is 17.4 Å². The molecule has 120 valence electrons. The highest BCUT2D eigenvalue weighted by molar-refractivity contribution is 7.38. The summed E-state index contributed by atoms with van der Waals surface area (Å²) in [5, 5.41) is 0. The van der Waals surface area contributed by atoms with Gasteiger partial charge in [0.2, 0.25) is 0 Å². The van der Waals surface area contributed by atoms with Gasteiger partial charge in [0.15, 0.2) is 20.3 Å². The summed E-state index contributed by atoms with van der Waals surface area (Å²) in [4.78, 5) is 11.2. The Morgan fingerprint density at radius 1 is 1.05 bits per heavy atom. The summed E-state index contributed by atoms with van der Waals surface area (Å²) in [5.74, 6) is -0.311. The molecule has 0 saturated carbocycles. The van der Waals surface area contributed by atoms with Crippen LogP contribution in [0.3, 0.4) is 0 Å². The maximum atomic E-state index is 11.2. The van der Waals surface area contributed by atoms with Crippen molar-refractivity contribution in [1.29, 1.82) is 0 Å². The van der Waals surface area contributed by atoms with Crippen LogP contribution in [0.4, 0.5) is 0 Å². The summed E-state index contributed by atoms with van der Waals surface area (Å²) >= 11 is 0. The van der Waals surface area contributed by atoms with Gasteiger partial charge in [-0.1, -0.05) is 13.8 Å². The number of ether oxygens (including phenoxy) is 4. The average Bonchev–Trinajstić information content (AvgIpc) is 2.37. The molecule has 0 aromatic carbocycles. The van der Waals surface area contributed by atoms with Crippen LogP contribution in [0, 0.1) is 0 Å². The van der Waals surface area contributed by atoms with E-state index in [1.807, 2.05) is 0 Å². The molecule has 8 heteroatoms. The SMILES string of the molecule is C.COCOCOCOC(=O)CCCCCO[P+](C)=O. The minimum absolute atomic E-state index is 0. The first kappa shape index (κ1) is 21.7. The molecule has 0 radical (unpaired) electrons. The number of esters is 1. The topological polar surface area (TPSA) is 80.3 Å². The normalized spacial score (nSPS) is 10.8. The number of hydrogen-bond acceptors (Lipinski definition) is 7. The molecule has 1 atom stereocenters. The third-order valence-electron chi connectivity index (χ3n) is 1.97. The van der Waals surface area contributed by atoms with Crippen LogP contribution in [0.2, 0.25) is 0 Å². The van der Waals surface area contributed by atoms with E-state index in [2.05, 4.69) is 4.74 Å². The Bertz CT molecular complexity index is 248. The van der Waals surface area contributed by atoms with E-state index in [4.69, 9.17) is 18.7 Å². The van der Waals surface area contributed by atoms with Crippen LogP contribution >= 0.6 is 8.03 Å². The van der Waals surface area contributed by atoms with Crippen LogP contribution in [0.5, 0.6) is 0 Å². The van der Waals surface area contributed by atoms with Gasteiger partial charge in [-0.25, -0.2) is 0 Å². The van der Waals surface area contributed by atoms with Crippen LogP contribution in [-0.2, 0) is 32.8 Å². The summed E-state index contributed by atoms with van der Waals surface area (Å²) in [7, 11) is -0.0237. The van der Waals surface area contributed by atoms with E-state index in [0.717, 1.165) is 12.8 Å². The van der Waals surface area contributed by atoms with Crippen LogP contribution in [0.15, 0.2) is 0 Å². The molecule has 7 nitrogen and oxygen atoms in total. The first-order valence-corrected chi connectivity index (χ1v) is 7.63. The van der Waals surface area contributed by atoms with E-state index in [1.165, 1.54) is 13.8 Å². The molecule has 0 aromatic rings. The Balaban J connectivity index is 0. The first-order chi connectivity index (χ1) is 9.16. The lowest BCUT2D eigenvalue weighted by atomic mass is 10.2. The predicted molar refractivity (Wildman–Crippen MR) is 74.6 cm³/mol. The monoisotopic (exact) mass is 313 g/mol. The lowest BCUT2D eigenvalue weighted by Gasteiger charge is -2.06. The number of rotatable bonds is 13. The van der Waals surface area contributed by atoms with Gasteiger partial charge in [0.05, 0.1) is 0 Å². The molecule has 0 rings (SSSR count). The fourth-order valence-corrected chi connectivity index (χ4v) is 1.52. The molecule has 0 amide bonds. The molecule has 0 fully saturated rings. The molecule has 0 aliphatic rings. The summed E-state index contributed by atoms with van der Waals surface area (Å²) in [6.07, 6.45) is 2.66. The molecule has 0 spiro atoms. The molecule has 20 heavy (non-hydrogen) atoms. The smallest absolute Gasteiger partial charge is 0.438 e. The summed E-state index contributed by atoms with van der Waals surface area (Å²) in [6, 6.07) is 0. The predicted octanol–water partition coefficient (Wildman–Crippen LogP) is 2.67. The zero-order chi connectivity index (χ0) is 14.3. The highest BCUT2D eigenvalue weighted by Gasteiger charge is 2.06. The third-order valence-corrected chi connectivity index (χ3v) is 2.52. The minimum atomic E-state index is -1.53. The van der Waals surface area contributed by atoms with Crippen molar-refractivity contribution < 1.29 is 32.8 Å². The van der Waals surface area contributed by atoms with E-state index in [0.29, 0.717) is 19.4 Å². The third kappa shape index (κ3) is 17.4. The second-order valence-electron chi connectivity index (χ2n) is 3.65. The zero-order valence-corrected chi connectivity index (χ0v) is 12.4. The van der Waals surface area contributed by atoms with Crippen molar-refractivity contribution >= 4 is 14.0 Å². The van der Waals surface area contributed by atoms with Gasteiger partial charge in [-0.2, -0.15) is 0 Å². The number of unbranched alkanes of at least 4 members (excludes halogenated alkanes) is 2. The van der Waals surface area contributed by atoms with Crippen molar-refractivity contribution in [2.24, 2.45) is 0 Å². The van der Waals surface area contributed by atoms with Gasteiger partial charge in [0, 0.05) is 13.5 Å². The molecule has 0 aliphatic carbocycles. The van der Waals surface area contributed by atoms with Crippen LogP contribution in [0.25, 0.3) is 0 Å². The standard InChI is InChI=1S/C11H22O7P.CH4/c1-14-8-15-9-16-10-17-11(12)6-4-3-5-7-18-19(2)13;/h3-10H2,1-2H3;1H4/q+1;. The van der Waals surface area contributed by atoms with E-state index in [-0.39, 0.29) is 33.8 Å². The highest BCUT2D eigenvalue weighted by atomic mass is 31.1. The molecule has 0 bridgehead atoms. The molecular formula is C12H26O7P+. The Hall–Kier alpha value is -0.590. The van der Waals surface area contributed by atoms with Crippen molar-refractivity contribution in [3.63, 3.8) is 0 Å². The van der Waals surface area contributed by atoms with Crippen molar-refractivity contribution in [2.45, 2.75) is 33.1 Å². The van der Waals surface area contributed by atoms with Gasteiger partial charge in [0.25, 0.3) is 0 Å².